The first-order chi connectivity index (χ1) is 7.78. The van der Waals surface area contributed by atoms with Crippen molar-refractivity contribution in [2.45, 2.75) is 0 Å². The lowest BCUT2D eigenvalue weighted by Gasteiger charge is -2.04. The third-order valence-electron chi connectivity index (χ3n) is 1.95. The zero-order chi connectivity index (χ0) is 11.4. The number of hydrogen-bond acceptors (Lipinski definition) is 4. The van der Waals surface area contributed by atoms with Crippen molar-refractivity contribution in [2.75, 3.05) is 12.4 Å². The Balaban J connectivity index is 2.11. The van der Waals surface area contributed by atoms with Gasteiger partial charge >= 0.3 is 6.01 Å². The minimum atomic E-state index is 0.279. The van der Waals surface area contributed by atoms with Crippen LogP contribution in [0.15, 0.2) is 36.7 Å². The number of anilines is 1. The molecule has 2 rings (SSSR count). The Morgan fingerprint density at radius 2 is 1.75 bits per heavy atom. The number of ether oxygens (including phenoxy) is 1. The smallest absolute Gasteiger partial charge is 0.321 e. The summed E-state index contributed by atoms with van der Waals surface area (Å²) in [4.78, 5) is 7.87. The molecule has 2 aromatic rings. The summed E-state index contributed by atoms with van der Waals surface area (Å²) in [5.74, 6) is 0.682. The Labute approximate surface area is 98.3 Å². The lowest BCUT2D eigenvalue weighted by atomic mass is 10.3. The van der Waals surface area contributed by atoms with Crippen LogP contribution in [0.1, 0.15) is 0 Å². The highest BCUT2D eigenvalue weighted by Gasteiger charge is 1.99. The van der Waals surface area contributed by atoms with Gasteiger partial charge in [-0.05, 0) is 24.3 Å². The van der Waals surface area contributed by atoms with Gasteiger partial charge in [-0.15, -0.1) is 0 Å². The molecule has 0 saturated carbocycles. The first-order valence-corrected chi connectivity index (χ1v) is 5.09. The molecule has 4 nitrogen and oxygen atoms in total. The maximum absolute atomic E-state index is 5.67. The van der Waals surface area contributed by atoms with E-state index in [1.165, 1.54) is 12.4 Å². The molecular weight excluding hydrogens is 226 g/mol. The normalized spacial score (nSPS) is 9.88. The van der Waals surface area contributed by atoms with Crippen LogP contribution in [-0.4, -0.2) is 17.0 Å². The highest BCUT2D eigenvalue weighted by molar-refractivity contribution is 6.30. The van der Waals surface area contributed by atoms with Crippen LogP contribution >= 0.6 is 11.6 Å². The summed E-state index contributed by atoms with van der Waals surface area (Å²) < 4.78 is 5.42. The summed E-state index contributed by atoms with van der Waals surface area (Å²) in [7, 11) is 1.86. The van der Waals surface area contributed by atoms with E-state index in [9.17, 15) is 0 Å². The van der Waals surface area contributed by atoms with E-state index in [0.717, 1.165) is 5.69 Å². The van der Waals surface area contributed by atoms with Crippen LogP contribution in [0.3, 0.4) is 0 Å². The monoisotopic (exact) mass is 235 g/mol. The van der Waals surface area contributed by atoms with Crippen LogP contribution in [0, 0.1) is 0 Å². The SMILES string of the molecule is CNc1ccc(Oc2ncc(Cl)cn2)cc1. The van der Waals surface area contributed by atoms with Gasteiger partial charge in [0.05, 0.1) is 17.4 Å². The van der Waals surface area contributed by atoms with E-state index < -0.39 is 0 Å². The van der Waals surface area contributed by atoms with Gasteiger partial charge in [-0.1, -0.05) is 11.6 Å². The molecule has 1 N–H and O–H groups in total. The molecule has 0 radical (unpaired) electrons. The Morgan fingerprint density at radius 3 is 2.31 bits per heavy atom. The number of aromatic nitrogens is 2. The van der Waals surface area contributed by atoms with Crippen molar-refractivity contribution >= 4 is 17.3 Å². The van der Waals surface area contributed by atoms with Gasteiger partial charge in [0.2, 0.25) is 0 Å². The van der Waals surface area contributed by atoms with E-state index in [0.29, 0.717) is 10.8 Å². The van der Waals surface area contributed by atoms with Gasteiger partial charge in [0.25, 0.3) is 0 Å². The molecule has 82 valence electrons. The van der Waals surface area contributed by atoms with Gasteiger partial charge in [0.1, 0.15) is 5.75 Å². The molecule has 16 heavy (non-hydrogen) atoms. The molecule has 5 heteroatoms. The van der Waals surface area contributed by atoms with Gasteiger partial charge < -0.3 is 10.1 Å². The lowest BCUT2D eigenvalue weighted by molar-refractivity contribution is 0.442. The van der Waals surface area contributed by atoms with Crippen LogP contribution in [-0.2, 0) is 0 Å². The molecule has 0 aliphatic carbocycles. The molecule has 0 spiro atoms. The zero-order valence-corrected chi connectivity index (χ0v) is 9.40. The first kappa shape index (κ1) is 10.7. The van der Waals surface area contributed by atoms with Crippen LogP contribution in [0.5, 0.6) is 11.8 Å². The average Bonchev–Trinajstić information content (AvgIpc) is 2.33. The largest absolute Gasteiger partial charge is 0.424 e. The molecule has 1 aromatic heterocycles. The second-order valence-electron chi connectivity index (χ2n) is 3.06. The van der Waals surface area contributed by atoms with Crippen molar-refractivity contribution in [3.05, 3.63) is 41.7 Å². The fourth-order valence-corrected chi connectivity index (χ4v) is 1.25. The van der Waals surface area contributed by atoms with E-state index in [2.05, 4.69) is 15.3 Å². The molecule has 0 bridgehead atoms. The van der Waals surface area contributed by atoms with Gasteiger partial charge in [0, 0.05) is 12.7 Å². The average molecular weight is 236 g/mol. The Morgan fingerprint density at radius 1 is 1.12 bits per heavy atom. The summed E-state index contributed by atoms with van der Waals surface area (Å²) in [6, 6.07) is 7.77. The Kier molecular flexibility index (Phi) is 3.22. The van der Waals surface area contributed by atoms with E-state index in [1.54, 1.807) is 0 Å². The minimum Gasteiger partial charge on any atom is -0.424 e. The maximum Gasteiger partial charge on any atom is 0.321 e. The van der Waals surface area contributed by atoms with Crippen molar-refractivity contribution in [3.63, 3.8) is 0 Å². The first-order valence-electron chi connectivity index (χ1n) is 4.71. The molecule has 0 fully saturated rings. The molecule has 0 amide bonds. The van der Waals surface area contributed by atoms with Gasteiger partial charge in [-0.2, -0.15) is 0 Å². The standard InChI is InChI=1S/C11H10ClN3O/c1-13-9-2-4-10(5-3-9)16-11-14-6-8(12)7-15-11/h2-7,13H,1H3. The number of nitrogens with zero attached hydrogens (tertiary/aromatic N) is 2. The summed E-state index contributed by atoms with van der Waals surface area (Å²) in [5, 5.41) is 3.51. The second-order valence-corrected chi connectivity index (χ2v) is 3.50. The van der Waals surface area contributed by atoms with Gasteiger partial charge in [0.15, 0.2) is 0 Å². The van der Waals surface area contributed by atoms with E-state index in [4.69, 9.17) is 16.3 Å². The maximum atomic E-state index is 5.67. The number of hydrogen-bond donors (Lipinski definition) is 1. The number of rotatable bonds is 3. The molecule has 1 heterocycles. The molecular formula is C11H10ClN3O. The molecule has 1 aromatic carbocycles. The number of halogens is 1. The Hall–Kier alpha value is -1.81. The molecule has 0 aliphatic rings. The van der Waals surface area contributed by atoms with Crippen molar-refractivity contribution < 1.29 is 4.74 Å². The zero-order valence-electron chi connectivity index (χ0n) is 8.64. The van der Waals surface area contributed by atoms with Crippen molar-refractivity contribution in [1.82, 2.24) is 9.97 Å². The van der Waals surface area contributed by atoms with Crippen LogP contribution < -0.4 is 10.1 Å². The fourth-order valence-electron chi connectivity index (χ4n) is 1.15. The second kappa shape index (κ2) is 4.81. The molecule has 0 saturated heterocycles. The fraction of sp³-hybridized carbons (Fsp3) is 0.0909. The minimum absolute atomic E-state index is 0.279. The highest BCUT2D eigenvalue weighted by Crippen LogP contribution is 2.20. The molecule has 0 aliphatic heterocycles. The molecule has 0 unspecified atom stereocenters. The van der Waals surface area contributed by atoms with E-state index in [-0.39, 0.29) is 6.01 Å². The summed E-state index contributed by atoms with van der Waals surface area (Å²) in [6.45, 7) is 0. The third kappa shape index (κ3) is 2.61. The third-order valence-corrected chi connectivity index (χ3v) is 2.14. The summed E-state index contributed by atoms with van der Waals surface area (Å²) in [6.07, 6.45) is 2.98. The lowest BCUT2D eigenvalue weighted by Crippen LogP contribution is -1.91. The van der Waals surface area contributed by atoms with E-state index in [1.807, 2.05) is 31.3 Å². The quantitative estimate of drug-likeness (QED) is 0.889. The van der Waals surface area contributed by atoms with Crippen molar-refractivity contribution in [2.24, 2.45) is 0 Å². The van der Waals surface area contributed by atoms with Crippen molar-refractivity contribution in [1.29, 1.82) is 0 Å². The Bertz CT molecular complexity index is 456. The highest BCUT2D eigenvalue weighted by atomic mass is 35.5. The van der Waals surface area contributed by atoms with Gasteiger partial charge in [-0.3, -0.25) is 0 Å². The summed E-state index contributed by atoms with van der Waals surface area (Å²) in [5.41, 5.74) is 1.02. The number of nitrogens with one attached hydrogen (secondary N) is 1. The van der Waals surface area contributed by atoms with Crippen LogP contribution in [0.4, 0.5) is 5.69 Å². The number of benzene rings is 1. The predicted molar refractivity (Wildman–Crippen MR) is 63.1 cm³/mol. The van der Waals surface area contributed by atoms with Crippen LogP contribution in [0.25, 0.3) is 0 Å². The van der Waals surface area contributed by atoms with E-state index >= 15 is 0 Å². The molecule has 0 atom stereocenters. The topological polar surface area (TPSA) is 47.0 Å². The summed E-state index contributed by atoms with van der Waals surface area (Å²) >= 11 is 5.67. The van der Waals surface area contributed by atoms with Gasteiger partial charge in [-0.25, -0.2) is 9.97 Å². The predicted octanol–water partition coefficient (Wildman–Crippen LogP) is 2.96. The van der Waals surface area contributed by atoms with Crippen molar-refractivity contribution in [3.8, 4) is 11.8 Å². The van der Waals surface area contributed by atoms with Crippen LogP contribution in [0.2, 0.25) is 5.02 Å².